The van der Waals surface area contributed by atoms with Crippen LogP contribution in [-0.2, 0) is 12.8 Å². The van der Waals surface area contributed by atoms with E-state index >= 15 is 0 Å². The highest BCUT2D eigenvalue weighted by Gasteiger charge is 2.10. The molecule has 0 aliphatic rings. The molecule has 0 saturated carbocycles. The number of rotatable bonds is 4. The van der Waals surface area contributed by atoms with Crippen molar-refractivity contribution in [2.24, 2.45) is 0 Å². The quantitative estimate of drug-likeness (QED) is 0.711. The molecule has 0 atom stereocenters. The third kappa shape index (κ3) is 3.45. The molecule has 0 unspecified atom stereocenters. The minimum Gasteiger partial charge on any atom is -0.192 e. The standard InChI is InChI=1S/C17H16BrNS/c1-3-12-4-6-13(7-5-12)8-14-9-15(18)10-17(20-2)16(14)11-19/h4-7,9-10H,3,8H2,1-2H3. The van der Waals surface area contributed by atoms with E-state index in [-0.39, 0.29) is 0 Å². The zero-order chi connectivity index (χ0) is 14.5. The van der Waals surface area contributed by atoms with Crippen molar-refractivity contribution < 1.29 is 0 Å². The normalized spacial score (nSPS) is 10.3. The van der Waals surface area contributed by atoms with Gasteiger partial charge in [0.05, 0.1) is 5.56 Å². The number of benzene rings is 2. The number of thioether (sulfide) groups is 1. The number of halogens is 1. The van der Waals surface area contributed by atoms with E-state index in [4.69, 9.17) is 0 Å². The summed E-state index contributed by atoms with van der Waals surface area (Å²) in [6, 6.07) is 15.0. The van der Waals surface area contributed by atoms with Gasteiger partial charge in [0.15, 0.2) is 0 Å². The second-order valence-electron chi connectivity index (χ2n) is 4.60. The van der Waals surface area contributed by atoms with Crippen molar-refractivity contribution in [2.45, 2.75) is 24.7 Å². The van der Waals surface area contributed by atoms with Gasteiger partial charge in [0.1, 0.15) is 6.07 Å². The first-order valence-electron chi connectivity index (χ1n) is 6.52. The Morgan fingerprint density at radius 1 is 1.15 bits per heavy atom. The number of hydrogen-bond acceptors (Lipinski definition) is 2. The highest BCUT2D eigenvalue weighted by atomic mass is 79.9. The predicted molar refractivity (Wildman–Crippen MR) is 89.3 cm³/mol. The molecule has 0 spiro atoms. The van der Waals surface area contributed by atoms with Crippen LogP contribution in [0.15, 0.2) is 45.8 Å². The molecule has 2 aromatic rings. The van der Waals surface area contributed by atoms with Crippen LogP contribution in [0.1, 0.15) is 29.2 Å². The van der Waals surface area contributed by atoms with Crippen molar-refractivity contribution in [2.75, 3.05) is 6.26 Å². The van der Waals surface area contributed by atoms with Crippen molar-refractivity contribution in [1.29, 1.82) is 5.26 Å². The maximum atomic E-state index is 9.40. The molecule has 0 saturated heterocycles. The number of aryl methyl sites for hydroxylation is 1. The van der Waals surface area contributed by atoms with Gasteiger partial charge >= 0.3 is 0 Å². The fourth-order valence-electron chi connectivity index (χ4n) is 2.18. The third-order valence-corrected chi connectivity index (χ3v) is 4.53. The first-order valence-corrected chi connectivity index (χ1v) is 8.54. The maximum absolute atomic E-state index is 9.40. The molecule has 102 valence electrons. The number of nitriles is 1. The second-order valence-corrected chi connectivity index (χ2v) is 6.36. The Morgan fingerprint density at radius 2 is 1.80 bits per heavy atom. The Morgan fingerprint density at radius 3 is 2.35 bits per heavy atom. The second kappa shape index (κ2) is 6.97. The van der Waals surface area contributed by atoms with Crippen LogP contribution in [0.25, 0.3) is 0 Å². The first kappa shape index (κ1) is 15.2. The zero-order valence-electron chi connectivity index (χ0n) is 11.6. The van der Waals surface area contributed by atoms with Gasteiger partial charge in [0, 0.05) is 9.37 Å². The largest absolute Gasteiger partial charge is 0.192 e. The lowest BCUT2D eigenvalue weighted by Gasteiger charge is -2.10. The van der Waals surface area contributed by atoms with E-state index in [0.717, 1.165) is 33.3 Å². The molecule has 0 heterocycles. The van der Waals surface area contributed by atoms with Gasteiger partial charge in [-0.1, -0.05) is 47.1 Å². The summed E-state index contributed by atoms with van der Waals surface area (Å²) in [5.74, 6) is 0. The van der Waals surface area contributed by atoms with Crippen molar-refractivity contribution >= 4 is 27.7 Å². The fourth-order valence-corrected chi connectivity index (χ4v) is 3.46. The van der Waals surface area contributed by atoms with Gasteiger partial charge in [0.25, 0.3) is 0 Å². The smallest absolute Gasteiger partial charge is 0.101 e. The molecular weight excluding hydrogens is 330 g/mol. The molecule has 0 radical (unpaired) electrons. The topological polar surface area (TPSA) is 23.8 Å². The van der Waals surface area contributed by atoms with Crippen molar-refractivity contribution in [3.63, 3.8) is 0 Å². The molecule has 2 aromatic carbocycles. The molecule has 0 amide bonds. The summed E-state index contributed by atoms with van der Waals surface area (Å²) in [7, 11) is 0. The third-order valence-electron chi connectivity index (χ3n) is 3.31. The lowest BCUT2D eigenvalue weighted by molar-refractivity contribution is 1.11. The highest BCUT2D eigenvalue weighted by Crippen LogP contribution is 2.29. The molecule has 0 aliphatic carbocycles. The maximum Gasteiger partial charge on any atom is 0.101 e. The van der Waals surface area contributed by atoms with Gasteiger partial charge < -0.3 is 0 Å². The van der Waals surface area contributed by atoms with Gasteiger partial charge in [-0.25, -0.2) is 0 Å². The Labute approximate surface area is 133 Å². The number of hydrogen-bond donors (Lipinski definition) is 0. The van der Waals surface area contributed by atoms with Crippen LogP contribution in [0.2, 0.25) is 0 Å². The van der Waals surface area contributed by atoms with Crippen LogP contribution >= 0.6 is 27.7 Å². The Balaban J connectivity index is 2.37. The summed E-state index contributed by atoms with van der Waals surface area (Å²) in [5, 5.41) is 9.40. The van der Waals surface area contributed by atoms with Gasteiger partial charge in [-0.05, 0) is 47.9 Å². The predicted octanol–water partition coefficient (Wildman–Crippen LogP) is 5.20. The van der Waals surface area contributed by atoms with Crippen molar-refractivity contribution in [1.82, 2.24) is 0 Å². The number of nitrogens with zero attached hydrogens (tertiary/aromatic N) is 1. The van der Waals surface area contributed by atoms with Crippen LogP contribution in [0.3, 0.4) is 0 Å². The Bertz CT molecular complexity index is 641. The van der Waals surface area contributed by atoms with Crippen LogP contribution in [-0.4, -0.2) is 6.26 Å². The molecule has 0 bridgehead atoms. The summed E-state index contributed by atoms with van der Waals surface area (Å²) in [6.07, 6.45) is 3.85. The van der Waals surface area contributed by atoms with E-state index in [1.54, 1.807) is 11.8 Å². The van der Waals surface area contributed by atoms with E-state index in [9.17, 15) is 5.26 Å². The van der Waals surface area contributed by atoms with E-state index in [1.807, 2.05) is 18.4 Å². The van der Waals surface area contributed by atoms with E-state index in [2.05, 4.69) is 53.2 Å². The summed E-state index contributed by atoms with van der Waals surface area (Å²) >= 11 is 5.14. The van der Waals surface area contributed by atoms with Crippen LogP contribution in [0.5, 0.6) is 0 Å². The summed E-state index contributed by atoms with van der Waals surface area (Å²) in [4.78, 5) is 1.03. The molecule has 0 N–H and O–H groups in total. The SMILES string of the molecule is CCc1ccc(Cc2cc(Br)cc(SC)c2C#N)cc1. The highest BCUT2D eigenvalue weighted by molar-refractivity contribution is 9.10. The molecule has 0 aromatic heterocycles. The summed E-state index contributed by atoms with van der Waals surface area (Å²) in [5.41, 5.74) is 4.45. The van der Waals surface area contributed by atoms with E-state index in [1.165, 1.54) is 11.1 Å². The first-order chi connectivity index (χ1) is 9.67. The van der Waals surface area contributed by atoms with Crippen LogP contribution < -0.4 is 0 Å². The van der Waals surface area contributed by atoms with Crippen molar-refractivity contribution in [3.05, 3.63) is 63.1 Å². The summed E-state index contributed by atoms with van der Waals surface area (Å²) < 4.78 is 1.03. The molecule has 0 aliphatic heterocycles. The minimum atomic E-state index is 0.792. The molecule has 1 nitrogen and oxygen atoms in total. The monoisotopic (exact) mass is 345 g/mol. The lowest BCUT2D eigenvalue weighted by Crippen LogP contribution is -1.95. The molecule has 0 fully saturated rings. The fraction of sp³-hybridized carbons (Fsp3) is 0.235. The summed E-state index contributed by atoms with van der Waals surface area (Å²) in [6.45, 7) is 2.15. The van der Waals surface area contributed by atoms with E-state index < -0.39 is 0 Å². The molecule has 2 rings (SSSR count). The van der Waals surface area contributed by atoms with Gasteiger partial charge in [0.2, 0.25) is 0 Å². The zero-order valence-corrected chi connectivity index (χ0v) is 14.0. The average Bonchev–Trinajstić information content (AvgIpc) is 2.47. The lowest BCUT2D eigenvalue weighted by atomic mass is 9.99. The van der Waals surface area contributed by atoms with Gasteiger partial charge in [-0.15, -0.1) is 11.8 Å². The Kier molecular flexibility index (Phi) is 5.28. The van der Waals surface area contributed by atoms with Gasteiger partial charge in [-0.3, -0.25) is 0 Å². The Hall–Kier alpha value is -1.24. The van der Waals surface area contributed by atoms with Crippen molar-refractivity contribution in [3.8, 4) is 6.07 Å². The van der Waals surface area contributed by atoms with E-state index in [0.29, 0.717) is 0 Å². The van der Waals surface area contributed by atoms with Crippen LogP contribution in [0, 0.1) is 11.3 Å². The molecule has 3 heteroatoms. The molecule has 20 heavy (non-hydrogen) atoms. The molecular formula is C17H16BrNS. The van der Waals surface area contributed by atoms with Crippen LogP contribution in [0.4, 0.5) is 0 Å². The van der Waals surface area contributed by atoms with Gasteiger partial charge in [-0.2, -0.15) is 5.26 Å². The average molecular weight is 346 g/mol. The minimum absolute atomic E-state index is 0.792.